The van der Waals surface area contributed by atoms with Crippen LogP contribution in [-0.2, 0) is 10.0 Å². The van der Waals surface area contributed by atoms with Crippen LogP contribution >= 0.6 is 0 Å². The number of nitro benzene ring substituents is 1. The fraction of sp³-hybridized carbons (Fsp3) is 0.0870. The average molecular weight is 494 g/mol. The van der Waals surface area contributed by atoms with Crippen LogP contribution in [0.5, 0.6) is 0 Å². The van der Waals surface area contributed by atoms with Crippen molar-refractivity contribution >= 4 is 27.3 Å². The van der Waals surface area contributed by atoms with E-state index >= 15 is 0 Å². The minimum atomic E-state index is -4.05. The number of hydrogen-bond donors (Lipinski definition) is 1. The van der Waals surface area contributed by atoms with Crippen LogP contribution in [-0.4, -0.2) is 43.5 Å². The molecule has 1 aromatic heterocycles. The molecule has 1 N–H and O–H groups in total. The van der Waals surface area contributed by atoms with E-state index < -0.39 is 20.9 Å². The molecule has 0 aliphatic carbocycles. The summed E-state index contributed by atoms with van der Waals surface area (Å²) in [5.74, 6) is -0.649. The Labute approximate surface area is 200 Å². The fourth-order valence-corrected chi connectivity index (χ4v) is 4.27. The molecule has 1 amide bonds. The van der Waals surface area contributed by atoms with Gasteiger partial charge in [0.1, 0.15) is 5.69 Å². The van der Waals surface area contributed by atoms with Gasteiger partial charge in [-0.15, -0.1) is 0 Å². The smallest absolute Gasteiger partial charge is 0.293 e. The second kappa shape index (κ2) is 9.35. The summed E-state index contributed by atoms with van der Waals surface area (Å²) in [5.41, 5.74) is 1.11. The summed E-state index contributed by atoms with van der Waals surface area (Å²) in [6.45, 7) is 0. The number of sulfonamides is 1. The Hall–Kier alpha value is -4.58. The summed E-state index contributed by atoms with van der Waals surface area (Å²) in [6, 6.07) is 18.1. The molecule has 0 unspecified atom stereocenters. The first-order valence-corrected chi connectivity index (χ1v) is 11.7. The van der Waals surface area contributed by atoms with Crippen LogP contribution in [0.2, 0.25) is 0 Å². The van der Waals surface area contributed by atoms with E-state index in [1.165, 1.54) is 30.3 Å². The van der Waals surface area contributed by atoms with Gasteiger partial charge in [0.15, 0.2) is 0 Å². The first kappa shape index (κ1) is 23.6. The van der Waals surface area contributed by atoms with E-state index in [1.54, 1.807) is 61.5 Å². The summed E-state index contributed by atoms with van der Waals surface area (Å²) >= 11 is 0. The molecule has 1 heterocycles. The molecular formula is C23H19N5O6S. The van der Waals surface area contributed by atoms with E-state index in [-0.39, 0.29) is 27.9 Å². The maximum Gasteiger partial charge on any atom is 0.293 e. The Bertz CT molecular complexity index is 1520. The Morgan fingerprint density at radius 1 is 1.00 bits per heavy atom. The number of anilines is 1. The summed E-state index contributed by atoms with van der Waals surface area (Å²) < 4.78 is 32.2. The normalized spacial score (nSPS) is 11.1. The van der Waals surface area contributed by atoms with Crippen LogP contribution in [0.15, 0.2) is 82.2 Å². The van der Waals surface area contributed by atoms with E-state index in [2.05, 4.69) is 10.1 Å². The largest absolute Gasteiger partial charge is 0.372 e. The minimum Gasteiger partial charge on any atom is -0.372 e. The van der Waals surface area contributed by atoms with Gasteiger partial charge in [-0.2, -0.15) is 4.98 Å². The second-order valence-corrected chi connectivity index (χ2v) is 9.29. The van der Waals surface area contributed by atoms with Crippen LogP contribution in [0.25, 0.3) is 22.8 Å². The SMILES string of the molecule is CN(C)c1ccc(-c2nc(-c3cccc(C(=O)NS(=O)(=O)c4ccccc4)c3)no2)cc1[N+](=O)[O-]. The lowest BCUT2D eigenvalue weighted by atomic mass is 10.1. The van der Waals surface area contributed by atoms with E-state index in [9.17, 15) is 23.3 Å². The standard InChI is InChI=1S/C23H19N5O6S/c1-27(2)19-12-11-17(14-20(19)28(30)31)23-24-21(25-34-23)15-7-6-8-16(13-15)22(29)26-35(32,33)18-9-4-3-5-10-18/h3-14H,1-2H3,(H,26,29). The maximum atomic E-state index is 12.6. The highest BCUT2D eigenvalue weighted by Gasteiger charge is 2.21. The van der Waals surface area contributed by atoms with Crippen molar-refractivity contribution in [2.24, 2.45) is 0 Å². The second-order valence-electron chi connectivity index (χ2n) is 7.61. The lowest BCUT2D eigenvalue weighted by molar-refractivity contribution is -0.384. The van der Waals surface area contributed by atoms with Gasteiger partial charge in [-0.25, -0.2) is 13.1 Å². The van der Waals surface area contributed by atoms with E-state index in [0.29, 0.717) is 16.8 Å². The van der Waals surface area contributed by atoms with Gasteiger partial charge in [0.25, 0.3) is 27.5 Å². The third-order valence-corrected chi connectivity index (χ3v) is 6.34. The molecule has 0 radical (unpaired) electrons. The van der Waals surface area contributed by atoms with Gasteiger partial charge < -0.3 is 9.42 Å². The molecule has 3 aromatic carbocycles. The maximum absolute atomic E-state index is 12.6. The molecule has 0 spiro atoms. The highest BCUT2D eigenvalue weighted by atomic mass is 32.2. The van der Waals surface area contributed by atoms with Crippen LogP contribution in [0.4, 0.5) is 11.4 Å². The number of rotatable bonds is 7. The zero-order valence-electron chi connectivity index (χ0n) is 18.6. The first-order valence-electron chi connectivity index (χ1n) is 10.2. The van der Waals surface area contributed by atoms with Crippen molar-refractivity contribution in [3.05, 3.63) is 88.5 Å². The highest BCUT2D eigenvalue weighted by molar-refractivity contribution is 7.90. The van der Waals surface area contributed by atoms with Gasteiger partial charge in [-0.3, -0.25) is 14.9 Å². The Kier molecular flexibility index (Phi) is 6.30. The molecule has 0 aliphatic heterocycles. The summed E-state index contributed by atoms with van der Waals surface area (Å²) in [7, 11) is -0.655. The monoisotopic (exact) mass is 493 g/mol. The molecule has 4 aromatic rings. The van der Waals surface area contributed by atoms with Crippen molar-refractivity contribution in [1.82, 2.24) is 14.9 Å². The van der Waals surface area contributed by atoms with Crippen molar-refractivity contribution in [3.8, 4) is 22.8 Å². The van der Waals surface area contributed by atoms with Gasteiger partial charge in [-0.1, -0.05) is 35.5 Å². The number of amides is 1. The van der Waals surface area contributed by atoms with Gasteiger partial charge in [0, 0.05) is 36.9 Å². The molecule has 11 nitrogen and oxygen atoms in total. The molecule has 0 fully saturated rings. The topological polar surface area (TPSA) is 149 Å². The van der Waals surface area contributed by atoms with Crippen molar-refractivity contribution in [1.29, 1.82) is 0 Å². The molecule has 0 saturated heterocycles. The first-order chi connectivity index (χ1) is 16.7. The quantitative estimate of drug-likeness (QED) is 0.301. The summed E-state index contributed by atoms with van der Waals surface area (Å²) in [4.78, 5) is 29.4. The molecule has 0 saturated carbocycles. The number of nitrogens with zero attached hydrogens (tertiary/aromatic N) is 4. The molecule has 0 bridgehead atoms. The number of hydrogen-bond acceptors (Lipinski definition) is 9. The Morgan fingerprint density at radius 3 is 2.43 bits per heavy atom. The zero-order chi connectivity index (χ0) is 25.2. The van der Waals surface area contributed by atoms with E-state index in [0.717, 1.165) is 0 Å². The molecule has 4 rings (SSSR count). The average Bonchev–Trinajstić information content (AvgIpc) is 3.34. The molecule has 0 aliphatic rings. The van der Waals surface area contributed by atoms with Crippen LogP contribution in [0, 0.1) is 10.1 Å². The molecular weight excluding hydrogens is 474 g/mol. The zero-order valence-corrected chi connectivity index (χ0v) is 19.4. The van der Waals surface area contributed by atoms with Gasteiger partial charge in [0.05, 0.1) is 9.82 Å². The van der Waals surface area contributed by atoms with E-state index in [4.69, 9.17) is 4.52 Å². The molecule has 178 valence electrons. The number of nitrogens with one attached hydrogen (secondary N) is 1. The number of aromatic nitrogens is 2. The minimum absolute atomic E-state index is 0.0401. The van der Waals surface area contributed by atoms with Crippen molar-refractivity contribution in [2.45, 2.75) is 4.90 Å². The van der Waals surface area contributed by atoms with Gasteiger partial charge in [0.2, 0.25) is 5.82 Å². The van der Waals surface area contributed by atoms with Crippen molar-refractivity contribution in [2.75, 3.05) is 19.0 Å². The fourth-order valence-electron chi connectivity index (χ4n) is 3.28. The van der Waals surface area contributed by atoms with Gasteiger partial charge >= 0.3 is 0 Å². The van der Waals surface area contributed by atoms with Crippen molar-refractivity contribution < 1.29 is 22.7 Å². The van der Waals surface area contributed by atoms with Crippen LogP contribution < -0.4 is 9.62 Å². The molecule has 0 atom stereocenters. The summed E-state index contributed by atoms with van der Waals surface area (Å²) in [6.07, 6.45) is 0. The third kappa shape index (κ3) is 5.01. The van der Waals surface area contributed by atoms with Gasteiger partial charge in [-0.05, 0) is 36.4 Å². The van der Waals surface area contributed by atoms with Crippen LogP contribution in [0.3, 0.4) is 0 Å². The predicted octanol–water partition coefficient (Wildman–Crippen LogP) is 3.50. The van der Waals surface area contributed by atoms with Crippen LogP contribution in [0.1, 0.15) is 10.4 Å². The van der Waals surface area contributed by atoms with E-state index in [1.807, 2.05) is 4.72 Å². The Morgan fingerprint density at radius 2 is 1.74 bits per heavy atom. The Balaban J connectivity index is 1.60. The summed E-state index contributed by atoms with van der Waals surface area (Å²) in [5, 5.41) is 15.4. The molecule has 35 heavy (non-hydrogen) atoms. The molecule has 12 heteroatoms. The number of nitro groups is 1. The predicted molar refractivity (Wildman–Crippen MR) is 127 cm³/mol. The highest BCUT2D eigenvalue weighted by Crippen LogP contribution is 2.32. The van der Waals surface area contributed by atoms with Crippen molar-refractivity contribution in [3.63, 3.8) is 0 Å². The third-order valence-electron chi connectivity index (χ3n) is 4.99. The lowest BCUT2D eigenvalue weighted by Gasteiger charge is -2.12. The number of carbonyl (C=O) groups excluding carboxylic acids is 1. The number of benzene rings is 3. The number of carbonyl (C=O) groups is 1. The lowest BCUT2D eigenvalue weighted by Crippen LogP contribution is -2.30.